The maximum atomic E-state index is 11.4. The fourth-order valence-corrected chi connectivity index (χ4v) is 1.82. The summed E-state index contributed by atoms with van der Waals surface area (Å²) < 4.78 is 1.01. The van der Waals surface area contributed by atoms with Crippen molar-refractivity contribution in [3.63, 3.8) is 0 Å². The standard InChI is InChI=1S/C9H9Br2N3O2/c1-5(15)2-3-7(16)14-9-8(11)13-6(10)4-12-9/h4H,2-3H2,1H3,(H,12,14,16). The number of hydrogen-bond acceptors (Lipinski definition) is 4. The lowest BCUT2D eigenvalue weighted by molar-refractivity contribution is -0.121. The lowest BCUT2D eigenvalue weighted by Crippen LogP contribution is -2.14. The van der Waals surface area contributed by atoms with Gasteiger partial charge in [-0.25, -0.2) is 9.97 Å². The number of nitrogens with one attached hydrogen (secondary N) is 1. The van der Waals surface area contributed by atoms with Crippen molar-refractivity contribution in [1.82, 2.24) is 9.97 Å². The largest absolute Gasteiger partial charge is 0.308 e. The summed E-state index contributed by atoms with van der Waals surface area (Å²) in [6.07, 6.45) is 1.86. The van der Waals surface area contributed by atoms with Crippen molar-refractivity contribution in [2.45, 2.75) is 19.8 Å². The lowest BCUT2D eigenvalue weighted by atomic mass is 10.2. The number of ketones is 1. The number of carbonyl (C=O) groups is 2. The van der Waals surface area contributed by atoms with Gasteiger partial charge in [-0.3, -0.25) is 4.79 Å². The van der Waals surface area contributed by atoms with E-state index < -0.39 is 0 Å². The van der Waals surface area contributed by atoms with Crippen LogP contribution in [0.5, 0.6) is 0 Å². The molecule has 1 rings (SSSR count). The van der Waals surface area contributed by atoms with Gasteiger partial charge in [0.05, 0.1) is 6.20 Å². The van der Waals surface area contributed by atoms with Crippen LogP contribution in [0.2, 0.25) is 0 Å². The predicted molar refractivity (Wildman–Crippen MR) is 66.0 cm³/mol. The third-order valence-corrected chi connectivity index (χ3v) is 2.60. The van der Waals surface area contributed by atoms with Crippen molar-refractivity contribution >= 4 is 49.4 Å². The van der Waals surface area contributed by atoms with Gasteiger partial charge in [-0.1, -0.05) is 0 Å². The van der Waals surface area contributed by atoms with E-state index in [1.807, 2.05) is 0 Å². The van der Waals surface area contributed by atoms with E-state index >= 15 is 0 Å². The highest BCUT2D eigenvalue weighted by molar-refractivity contribution is 9.11. The van der Waals surface area contributed by atoms with Gasteiger partial charge in [0.2, 0.25) is 5.91 Å². The molecule has 1 N–H and O–H groups in total. The maximum absolute atomic E-state index is 11.4. The summed E-state index contributed by atoms with van der Waals surface area (Å²) in [7, 11) is 0. The molecule has 0 radical (unpaired) electrons. The van der Waals surface area contributed by atoms with Gasteiger partial charge in [0.25, 0.3) is 0 Å². The molecule has 0 unspecified atom stereocenters. The van der Waals surface area contributed by atoms with Crippen molar-refractivity contribution in [2.24, 2.45) is 0 Å². The average Bonchev–Trinajstić information content (AvgIpc) is 2.19. The highest BCUT2D eigenvalue weighted by atomic mass is 79.9. The fourth-order valence-electron chi connectivity index (χ4n) is 0.915. The Morgan fingerprint density at radius 1 is 1.38 bits per heavy atom. The summed E-state index contributed by atoms with van der Waals surface area (Å²) in [5, 5.41) is 2.56. The van der Waals surface area contributed by atoms with Gasteiger partial charge in [-0.2, -0.15) is 0 Å². The molecule has 0 saturated carbocycles. The number of carbonyl (C=O) groups excluding carboxylic acids is 2. The number of nitrogens with zero attached hydrogens (tertiary/aromatic N) is 2. The molecule has 7 heteroatoms. The molecule has 0 fully saturated rings. The Bertz CT molecular complexity index is 423. The molecule has 0 saturated heterocycles. The molecule has 0 aliphatic heterocycles. The fraction of sp³-hybridized carbons (Fsp3) is 0.333. The molecule has 5 nitrogen and oxygen atoms in total. The van der Waals surface area contributed by atoms with Crippen LogP contribution in [0.1, 0.15) is 19.8 Å². The second-order valence-electron chi connectivity index (χ2n) is 3.08. The Morgan fingerprint density at radius 2 is 2.06 bits per heavy atom. The van der Waals surface area contributed by atoms with Crippen LogP contribution in [0.4, 0.5) is 5.82 Å². The molecule has 1 aromatic heterocycles. The zero-order valence-electron chi connectivity index (χ0n) is 8.46. The second kappa shape index (κ2) is 6.05. The zero-order chi connectivity index (χ0) is 12.1. The van der Waals surface area contributed by atoms with Crippen molar-refractivity contribution < 1.29 is 9.59 Å². The van der Waals surface area contributed by atoms with Crippen LogP contribution in [-0.2, 0) is 9.59 Å². The average molecular weight is 351 g/mol. The number of halogens is 2. The van der Waals surface area contributed by atoms with Crippen LogP contribution in [0.3, 0.4) is 0 Å². The zero-order valence-corrected chi connectivity index (χ0v) is 11.6. The van der Waals surface area contributed by atoms with E-state index in [9.17, 15) is 9.59 Å². The molecule has 0 spiro atoms. The van der Waals surface area contributed by atoms with E-state index in [1.54, 1.807) is 0 Å². The SMILES string of the molecule is CC(=O)CCC(=O)Nc1ncc(Br)nc1Br. The van der Waals surface area contributed by atoms with Crippen molar-refractivity contribution in [3.8, 4) is 0 Å². The molecule has 1 heterocycles. The first-order valence-electron chi connectivity index (χ1n) is 4.46. The van der Waals surface area contributed by atoms with Gasteiger partial charge < -0.3 is 10.1 Å². The minimum absolute atomic E-state index is 0.0175. The van der Waals surface area contributed by atoms with Crippen molar-refractivity contribution in [1.29, 1.82) is 0 Å². The van der Waals surface area contributed by atoms with E-state index in [2.05, 4.69) is 47.1 Å². The van der Waals surface area contributed by atoms with Crippen LogP contribution >= 0.6 is 31.9 Å². The van der Waals surface area contributed by atoms with E-state index in [0.717, 1.165) is 0 Å². The first-order chi connectivity index (χ1) is 7.49. The van der Waals surface area contributed by atoms with E-state index in [0.29, 0.717) is 15.0 Å². The monoisotopic (exact) mass is 349 g/mol. The van der Waals surface area contributed by atoms with Gasteiger partial charge in [0.1, 0.15) is 15.0 Å². The molecule has 86 valence electrons. The number of rotatable bonds is 4. The molecular weight excluding hydrogens is 342 g/mol. The normalized spacial score (nSPS) is 9.94. The molecule has 0 aromatic carbocycles. The van der Waals surface area contributed by atoms with Crippen LogP contribution in [0.25, 0.3) is 0 Å². The maximum Gasteiger partial charge on any atom is 0.226 e. The number of hydrogen-bond donors (Lipinski definition) is 1. The number of Topliss-reactive ketones (excluding diaryl/α,β-unsaturated/α-hetero) is 1. The molecular formula is C9H9Br2N3O2. The first kappa shape index (κ1) is 13.2. The van der Waals surface area contributed by atoms with Crippen LogP contribution in [0, 0.1) is 0 Å². The van der Waals surface area contributed by atoms with Gasteiger partial charge in [-0.15, -0.1) is 0 Å². The summed E-state index contributed by atoms with van der Waals surface area (Å²) in [5.74, 6) is 0.0698. The van der Waals surface area contributed by atoms with E-state index in [-0.39, 0.29) is 24.5 Å². The summed E-state index contributed by atoms with van der Waals surface area (Å²) in [6, 6.07) is 0. The Kier molecular flexibility index (Phi) is 5.01. The highest BCUT2D eigenvalue weighted by Crippen LogP contribution is 2.19. The molecule has 0 atom stereocenters. The van der Waals surface area contributed by atoms with Crippen molar-refractivity contribution in [2.75, 3.05) is 5.32 Å². The van der Waals surface area contributed by atoms with Gasteiger partial charge >= 0.3 is 0 Å². The number of amides is 1. The van der Waals surface area contributed by atoms with E-state index in [4.69, 9.17) is 0 Å². The third kappa shape index (κ3) is 4.36. The number of anilines is 1. The third-order valence-electron chi connectivity index (χ3n) is 1.66. The second-order valence-corrected chi connectivity index (χ2v) is 4.65. The summed E-state index contributed by atoms with van der Waals surface area (Å²) >= 11 is 6.32. The quantitative estimate of drug-likeness (QED) is 0.904. The van der Waals surface area contributed by atoms with Crippen LogP contribution < -0.4 is 5.32 Å². The number of aromatic nitrogens is 2. The van der Waals surface area contributed by atoms with Gasteiger partial charge in [0, 0.05) is 12.8 Å². The molecule has 1 aromatic rings. The molecule has 0 bridgehead atoms. The Labute approximate surface area is 109 Å². The first-order valence-corrected chi connectivity index (χ1v) is 6.05. The smallest absolute Gasteiger partial charge is 0.226 e. The summed E-state index contributed by atoms with van der Waals surface area (Å²) in [6.45, 7) is 1.45. The van der Waals surface area contributed by atoms with Crippen LogP contribution in [-0.4, -0.2) is 21.7 Å². The Hall–Kier alpha value is -0.820. The Balaban J connectivity index is 2.59. The summed E-state index contributed by atoms with van der Waals surface area (Å²) in [4.78, 5) is 30.1. The lowest BCUT2D eigenvalue weighted by Gasteiger charge is -2.04. The minimum atomic E-state index is -0.257. The summed E-state index contributed by atoms with van der Waals surface area (Å²) in [5.41, 5.74) is 0. The molecule has 1 amide bonds. The minimum Gasteiger partial charge on any atom is -0.308 e. The van der Waals surface area contributed by atoms with E-state index in [1.165, 1.54) is 13.1 Å². The predicted octanol–water partition coefficient (Wildman–Crippen LogP) is 2.31. The Morgan fingerprint density at radius 3 is 2.62 bits per heavy atom. The highest BCUT2D eigenvalue weighted by Gasteiger charge is 2.09. The molecule has 16 heavy (non-hydrogen) atoms. The molecule has 0 aliphatic rings. The van der Waals surface area contributed by atoms with Gasteiger partial charge in [0.15, 0.2) is 5.82 Å². The molecule has 0 aliphatic carbocycles. The topological polar surface area (TPSA) is 72.0 Å². The van der Waals surface area contributed by atoms with Crippen molar-refractivity contribution in [3.05, 3.63) is 15.4 Å². The van der Waals surface area contributed by atoms with Crippen LogP contribution in [0.15, 0.2) is 15.4 Å². The van der Waals surface area contributed by atoms with Gasteiger partial charge in [-0.05, 0) is 38.8 Å².